The van der Waals surface area contributed by atoms with Gasteiger partial charge in [0.2, 0.25) is 0 Å². The van der Waals surface area contributed by atoms with Gasteiger partial charge in [0.1, 0.15) is 0 Å². The second kappa shape index (κ2) is 14.7. The number of para-hydroxylation sites is 2. The number of hydrogen-bond acceptors (Lipinski definition) is 6. The van der Waals surface area contributed by atoms with E-state index in [1.165, 1.54) is 6.92 Å². The minimum atomic E-state index is -0.617. The molecule has 0 bridgehead atoms. The van der Waals surface area contributed by atoms with Crippen LogP contribution in [0.4, 0.5) is 4.79 Å². The van der Waals surface area contributed by atoms with Crippen LogP contribution < -0.4 is 10.6 Å². The molecule has 1 fully saturated rings. The molecule has 242 valence electrons. The maximum atomic E-state index is 12.7. The van der Waals surface area contributed by atoms with Crippen LogP contribution >= 0.6 is 0 Å². The Balaban J connectivity index is 1.14. The molecule has 3 N–H and O–H groups in total. The van der Waals surface area contributed by atoms with Crippen molar-refractivity contribution in [3.8, 4) is 0 Å². The van der Waals surface area contributed by atoms with Crippen molar-refractivity contribution in [2.24, 2.45) is 5.92 Å². The van der Waals surface area contributed by atoms with Gasteiger partial charge in [0.15, 0.2) is 12.1 Å². The third-order valence-electron chi connectivity index (χ3n) is 8.81. The van der Waals surface area contributed by atoms with Gasteiger partial charge in [-0.15, -0.1) is 0 Å². The molecule has 0 spiro atoms. The van der Waals surface area contributed by atoms with Gasteiger partial charge in [-0.1, -0.05) is 97.9 Å². The molecule has 5 atom stereocenters. The summed E-state index contributed by atoms with van der Waals surface area (Å²) in [6, 6.07) is 32.3. The topological polar surface area (TPSA) is 115 Å². The Morgan fingerprint density at radius 3 is 2.26 bits per heavy atom. The van der Waals surface area contributed by atoms with Crippen molar-refractivity contribution in [3.05, 3.63) is 137 Å². The van der Waals surface area contributed by atoms with Crippen LogP contribution in [0.25, 0.3) is 11.0 Å². The number of aliphatic hydroxyl groups is 1. The third kappa shape index (κ3) is 7.77. The van der Waals surface area contributed by atoms with Crippen LogP contribution in [0.15, 0.2) is 109 Å². The van der Waals surface area contributed by atoms with Crippen molar-refractivity contribution in [1.82, 2.24) is 20.2 Å². The van der Waals surface area contributed by atoms with Gasteiger partial charge in [0, 0.05) is 18.0 Å². The number of aliphatic hydroxyl groups excluding tert-OH is 1. The summed E-state index contributed by atoms with van der Waals surface area (Å²) < 4.78 is 15.4. The van der Waals surface area contributed by atoms with Crippen LogP contribution in [0.1, 0.15) is 54.1 Å². The maximum absolute atomic E-state index is 12.7. The number of carbonyl (C=O) groups is 2. The fraction of sp³-hybridized carbons (Fsp3) is 0.289. The molecule has 2 amide bonds. The summed E-state index contributed by atoms with van der Waals surface area (Å²) in [4.78, 5) is 29.5. The van der Waals surface area contributed by atoms with E-state index in [0.29, 0.717) is 19.5 Å². The molecule has 1 aromatic heterocycles. The van der Waals surface area contributed by atoms with Crippen LogP contribution in [0.2, 0.25) is 0 Å². The molecule has 1 aliphatic rings. The lowest BCUT2D eigenvalue weighted by Crippen LogP contribution is -2.46. The number of Topliss-reactive ketones (excluding diaryl/α,β-unsaturated/α-hetero) is 1. The number of carbonyl (C=O) groups excluding carboxylic acids is 2. The predicted octanol–water partition coefficient (Wildman–Crippen LogP) is 6.02. The molecule has 4 aromatic carbocycles. The van der Waals surface area contributed by atoms with Gasteiger partial charge < -0.3 is 29.8 Å². The Morgan fingerprint density at radius 1 is 0.851 bits per heavy atom. The van der Waals surface area contributed by atoms with E-state index in [-0.39, 0.29) is 30.5 Å². The molecule has 0 radical (unpaired) electrons. The van der Waals surface area contributed by atoms with E-state index in [0.717, 1.165) is 38.9 Å². The standard InChI is InChI=1S/C38H40N4O5/c1-25-35(22-42-24-40-32-10-6-7-11-34(32)42)46-37(47-36(25)30-16-14-29(23-43)15-17-30)31-18-12-28(13-19-31)21-39-38(45)41-33(26(2)44)20-27-8-4-3-5-9-27/h3-19,24-25,33,35-37,43H,20-23H2,1-2H3,(H2,39,41,45). The second-order valence-corrected chi connectivity index (χ2v) is 12.1. The van der Waals surface area contributed by atoms with E-state index in [9.17, 15) is 14.7 Å². The SMILES string of the molecule is CC(=O)C(Cc1ccccc1)NC(=O)NCc1ccc(C2OC(Cn3cnc4ccccc43)C(C)C(c3ccc(CO)cc3)O2)cc1. The van der Waals surface area contributed by atoms with Crippen molar-refractivity contribution in [1.29, 1.82) is 0 Å². The van der Waals surface area contributed by atoms with Crippen LogP contribution in [0.3, 0.4) is 0 Å². The number of ketones is 1. The first-order valence-electron chi connectivity index (χ1n) is 16.0. The number of urea groups is 1. The average molecular weight is 633 g/mol. The number of amides is 2. The molecule has 1 aliphatic heterocycles. The van der Waals surface area contributed by atoms with Crippen molar-refractivity contribution < 1.29 is 24.2 Å². The smallest absolute Gasteiger partial charge is 0.315 e. The van der Waals surface area contributed by atoms with E-state index < -0.39 is 18.4 Å². The first kappa shape index (κ1) is 32.1. The molecule has 6 rings (SSSR count). The number of nitrogens with one attached hydrogen (secondary N) is 2. The lowest BCUT2D eigenvalue weighted by atomic mass is 9.90. The first-order chi connectivity index (χ1) is 22.9. The Hall–Kier alpha value is -4.83. The summed E-state index contributed by atoms with van der Waals surface area (Å²) in [7, 11) is 0. The molecule has 5 unspecified atom stereocenters. The minimum Gasteiger partial charge on any atom is -0.392 e. The fourth-order valence-electron chi connectivity index (χ4n) is 6.01. The number of ether oxygens (including phenoxy) is 2. The summed E-state index contributed by atoms with van der Waals surface area (Å²) in [5, 5.41) is 15.2. The van der Waals surface area contributed by atoms with Crippen LogP contribution in [-0.4, -0.2) is 38.6 Å². The number of aromatic nitrogens is 2. The molecule has 5 aromatic rings. The number of rotatable bonds is 11. The summed E-state index contributed by atoms with van der Waals surface area (Å²) in [5.74, 6) is -0.0765. The van der Waals surface area contributed by atoms with Crippen molar-refractivity contribution in [2.45, 2.75) is 64.5 Å². The Labute approximate surface area is 274 Å². The Bertz CT molecular complexity index is 1790. The highest BCUT2D eigenvalue weighted by molar-refractivity contribution is 5.87. The molecule has 9 nitrogen and oxygen atoms in total. The van der Waals surface area contributed by atoms with E-state index in [1.54, 1.807) is 0 Å². The predicted molar refractivity (Wildman–Crippen MR) is 179 cm³/mol. The van der Waals surface area contributed by atoms with Crippen LogP contribution in [0, 0.1) is 5.92 Å². The normalized spacial score (nSPS) is 20.1. The molecule has 0 saturated carbocycles. The van der Waals surface area contributed by atoms with Gasteiger partial charge >= 0.3 is 6.03 Å². The Morgan fingerprint density at radius 2 is 1.53 bits per heavy atom. The highest BCUT2D eigenvalue weighted by atomic mass is 16.7. The summed E-state index contributed by atoms with van der Waals surface area (Å²) in [5.41, 5.74) is 6.59. The molecule has 0 aliphatic carbocycles. The van der Waals surface area contributed by atoms with E-state index >= 15 is 0 Å². The van der Waals surface area contributed by atoms with Gasteiger partial charge in [-0.25, -0.2) is 9.78 Å². The van der Waals surface area contributed by atoms with Gasteiger partial charge in [0.25, 0.3) is 0 Å². The highest BCUT2D eigenvalue weighted by Gasteiger charge is 2.38. The fourth-order valence-corrected chi connectivity index (χ4v) is 6.01. The highest BCUT2D eigenvalue weighted by Crippen LogP contribution is 2.42. The number of imidazole rings is 1. The van der Waals surface area contributed by atoms with E-state index in [1.807, 2.05) is 103 Å². The van der Waals surface area contributed by atoms with Crippen molar-refractivity contribution in [3.63, 3.8) is 0 Å². The third-order valence-corrected chi connectivity index (χ3v) is 8.81. The molecule has 2 heterocycles. The zero-order chi connectivity index (χ0) is 32.8. The minimum absolute atomic E-state index is 0.0166. The molecular formula is C38H40N4O5. The quantitative estimate of drug-likeness (QED) is 0.164. The zero-order valence-electron chi connectivity index (χ0n) is 26.6. The summed E-state index contributed by atoms with van der Waals surface area (Å²) in [6.45, 7) is 4.51. The Kier molecular flexibility index (Phi) is 10.1. The van der Waals surface area contributed by atoms with Gasteiger partial charge in [-0.3, -0.25) is 4.79 Å². The molecule has 9 heteroatoms. The van der Waals surface area contributed by atoms with Crippen LogP contribution in [0.5, 0.6) is 0 Å². The largest absolute Gasteiger partial charge is 0.392 e. The van der Waals surface area contributed by atoms with Gasteiger partial charge in [-0.2, -0.15) is 0 Å². The number of benzene rings is 4. The van der Waals surface area contributed by atoms with Crippen LogP contribution in [-0.2, 0) is 40.4 Å². The lowest BCUT2D eigenvalue weighted by molar-refractivity contribution is -0.276. The summed E-state index contributed by atoms with van der Waals surface area (Å²) >= 11 is 0. The van der Waals surface area contributed by atoms with Crippen molar-refractivity contribution >= 4 is 22.8 Å². The number of fused-ring (bicyclic) bond motifs is 1. The number of hydrogen-bond donors (Lipinski definition) is 3. The lowest BCUT2D eigenvalue weighted by Gasteiger charge is -2.41. The molecule has 1 saturated heterocycles. The second-order valence-electron chi connectivity index (χ2n) is 12.1. The van der Waals surface area contributed by atoms with Gasteiger partial charge in [-0.05, 0) is 47.7 Å². The number of nitrogens with zero attached hydrogens (tertiary/aromatic N) is 2. The molecule has 47 heavy (non-hydrogen) atoms. The first-order valence-corrected chi connectivity index (χ1v) is 16.0. The van der Waals surface area contributed by atoms with E-state index in [2.05, 4.69) is 33.2 Å². The summed E-state index contributed by atoms with van der Waals surface area (Å²) in [6.07, 6.45) is 1.26. The maximum Gasteiger partial charge on any atom is 0.315 e. The average Bonchev–Trinajstić information content (AvgIpc) is 3.51. The molecular weight excluding hydrogens is 592 g/mol. The van der Waals surface area contributed by atoms with E-state index in [4.69, 9.17) is 9.47 Å². The van der Waals surface area contributed by atoms with Crippen molar-refractivity contribution in [2.75, 3.05) is 0 Å². The van der Waals surface area contributed by atoms with Gasteiger partial charge in [0.05, 0.1) is 48.8 Å². The monoisotopic (exact) mass is 632 g/mol. The zero-order valence-corrected chi connectivity index (χ0v) is 26.6.